The van der Waals surface area contributed by atoms with Crippen molar-refractivity contribution in [2.24, 2.45) is 0 Å². The second kappa shape index (κ2) is 8.03. The Balaban J connectivity index is 2.79. The SMILES string of the molecule is CCCN(CCO)C(=O)NC(C)c1cccc(C(F)(F)F)c1. The lowest BCUT2D eigenvalue weighted by Crippen LogP contribution is -2.42. The van der Waals surface area contributed by atoms with Crippen molar-refractivity contribution in [3.05, 3.63) is 35.4 Å². The minimum Gasteiger partial charge on any atom is -0.395 e. The van der Waals surface area contributed by atoms with Crippen LogP contribution in [0.4, 0.5) is 18.0 Å². The molecule has 0 heterocycles. The molecule has 0 radical (unpaired) electrons. The predicted octanol–water partition coefficient (Wildman–Crippen LogP) is 3.18. The van der Waals surface area contributed by atoms with E-state index in [0.717, 1.165) is 18.6 Å². The van der Waals surface area contributed by atoms with E-state index in [1.807, 2.05) is 6.92 Å². The molecule has 2 N–H and O–H groups in total. The lowest BCUT2D eigenvalue weighted by atomic mass is 10.1. The van der Waals surface area contributed by atoms with Gasteiger partial charge >= 0.3 is 12.2 Å². The molecule has 0 spiro atoms. The summed E-state index contributed by atoms with van der Waals surface area (Å²) in [5.41, 5.74) is -0.365. The zero-order valence-corrected chi connectivity index (χ0v) is 12.7. The van der Waals surface area contributed by atoms with Crippen molar-refractivity contribution >= 4 is 6.03 Å². The molecule has 0 bridgehead atoms. The Labute approximate surface area is 127 Å². The Kier molecular flexibility index (Phi) is 6.67. The summed E-state index contributed by atoms with van der Waals surface area (Å²) in [6.07, 6.45) is -3.68. The number of aliphatic hydroxyl groups excluding tert-OH is 1. The van der Waals surface area contributed by atoms with E-state index >= 15 is 0 Å². The zero-order valence-electron chi connectivity index (χ0n) is 12.7. The first kappa shape index (κ1) is 18.3. The van der Waals surface area contributed by atoms with E-state index in [1.54, 1.807) is 6.92 Å². The van der Waals surface area contributed by atoms with E-state index < -0.39 is 23.8 Å². The second-order valence-corrected chi connectivity index (χ2v) is 5.01. The van der Waals surface area contributed by atoms with Gasteiger partial charge in [0, 0.05) is 13.1 Å². The second-order valence-electron chi connectivity index (χ2n) is 5.01. The van der Waals surface area contributed by atoms with E-state index in [4.69, 9.17) is 5.11 Å². The Morgan fingerprint density at radius 3 is 2.59 bits per heavy atom. The molecule has 0 aliphatic heterocycles. The summed E-state index contributed by atoms with van der Waals surface area (Å²) in [6, 6.07) is 3.91. The van der Waals surface area contributed by atoms with Gasteiger partial charge in [0.1, 0.15) is 0 Å². The number of nitrogens with zero attached hydrogens (tertiary/aromatic N) is 1. The van der Waals surface area contributed by atoms with Crippen LogP contribution in [0.3, 0.4) is 0 Å². The molecule has 0 fully saturated rings. The first-order chi connectivity index (χ1) is 10.3. The third-order valence-corrected chi connectivity index (χ3v) is 3.20. The first-order valence-corrected chi connectivity index (χ1v) is 7.13. The summed E-state index contributed by atoms with van der Waals surface area (Å²) in [5, 5.41) is 11.6. The van der Waals surface area contributed by atoms with Crippen LogP contribution >= 0.6 is 0 Å². The lowest BCUT2D eigenvalue weighted by Gasteiger charge is -2.24. The molecular weight excluding hydrogens is 297 g/mol. The van der Waals surface area contributed by atoms with Crippen LogP contribution in [-0.2, 0) is 6.18 Å². The van der Waals surface area contributed by atoms with Gasteiger partial charge in [0.05, 0.1) is 18.2 Å². The number of carbonyl (C=O) groups excluding carboxylic acids is 1. The average molecular weight is 318 g/mol. The van der Waals surface area contributed by atoms with E-state index in [-0.39, 0.29) is 13.2 Å². The number of rotatable bonds is 6. The third kappa shape index (κ3) is 5.22. The Bertz CT molecular complexity index is 486. The number of hydrogen-bond donors (Lipinski definition) is 2. The number of aliphatic hydroxyl groups is 1. The molecule has 22 heavy (non-hydrogen) atoms. The number of carbonyl (C=O) groups is 1. The van der Waals surface area contributed by atoms with Crippen molar-refractivity contribution in [2.75, 3.05) is 19.7 Å². The molecule has 0 saturated carbocycles. The van der Waals surface area contributed by atoms with Gasteiger partial charge in [-0.15, -0.1) is 0 Å². The highest BCUT2D eigenvalue weighted by atomic mass is 19.4. The van der Waals surface area contributed by atoms with Gasteiger partial charge in [0.2, 0.25) is 0 Å². The molecule has 1 rings (SSSR count). The number of urea groups is 1. The number of nitrogens with one attached hydrogen (secondary N) is 1. The summed E-state index contributed by atoms with van der Waals surface area (Å²) >= 11 is 0. The molecule has 0 saturated heterocycles. The molecule has 2 amide bonds. The van der Waals surface area contributed by atoms with E-state index in [1.165, 1.54) is 17.0 Å². The topological polar surface area (TPSA) is 52.6 Å². The van der Waals surface area contributed by atoms with Gasteiger partial charge in [-0.3, -0.25) is 0 Å². The van der Waals surface area contributed by atoms with Gasteiger partial charge in [-0.25, -0.2) is 4.79 Å². The molecule has 1 aromatic rings. The van der Waals surface area contributed by atoms with E-state index in [9.17, 15) is 18.0 Å². The standard InChI is InChI=1S/C15H21F3N2O2/c1-3-7-20(8-9-21)14(22)19-11(2)12-5-4-6-13(10-12)15(16,17)18/h4-6,10-11,21H,3,7-9H2,1-2H3,(H,19,22). The van der Waals surface area contributed by atoms with Gasteiger partial charge < -0.3 is 15.3 Å². The van der Waals surface area contributed by atoms with Crippen LogP contribution in [0.15, 0.2) is 24.3 Å². The first-order valence-electron chi connectivity index (χ1n) is 7.13. The number of alkyl halides is 3. The van der Waals surface area contributed by atoms with Gasteiger partial charge in [0.15, 0.2) is 0 Å². The minimum atomic E-state index is -4.41. The third-order valence-electron chi connectivity index (χ3n) is 3.20. The fourth-order valence-electron chi connectivity index (χ4n) is 2.05. The molecule has 1 aromatic carbocycles. The fourth-order valence-corrected chi connectivity index (χ4v) is 2.05. The van der Waals surface area contributed by atoms with E-state index in [0.29, 0.717) is 12.1 Å². The normalized spacial score (nSPS) is 12.8. The summed E-state index contributed by atoms with van der Waals surface area (Å²) < 4.78 is 38.1. The smallest absolute Gasteiger partial charge is 0.395 e. The quantitative estimate of drug-likeness (QED) is 0.846. The van der Waals surface area contributed by atoms with Crippen molar-refractivity contribution < 1.29 is 23.1 Å². The Morgan fingerprint density at radius 1 is 1.36 bits per heavy atom. The largest absolute Gasteiger partial charge is 0.416 e. The maximum atomic E-state index is 12.7. The van der Waals surface area contributed by atoms with Gasteiger partial charge in [-0.2, -0.15) is 13.2 Å². The van der Waals surface area contributed by atoms with Crippen LogP contribution in [0.1, 0.15) is 37.4 Å². The Hall–Kier alpha value is -1.76. The molecule has 4 nitrogen and oxygen atoms in total. The van der Waals surface area contributed by atoms with Crippen LogP contribution in [-0.4, -0.2) is 35.7 Å². The molecule has 0 aromatic heterocycles. The molecule has 0 aliphatic rings. The molecule has 0 aliphatic carbocycles. The number of benzene rings is 1. The summed E-state index contributed by atoms with van der Waals surface area (Å²) in [7, 11) is 0. The Morgan fingerprint density at radius 2 is 2.05 bits per heavy atom. The molecular formula is C15H21F3N2O2. The van der Waals surface area contributed by atoms with Gasteiger partial charge in [-0.05, 0) is 31.0 Å². The number of halogens is 3. The molecule has 1 unspecified atom stereocenters. The van der Waals surface area contributed by atoms with Crippen LogP contribution in [0.2, 0.25) is 0 Å². The molecule has 7 heteroatoms. The van der Waals surface area contributed by atoms with Crippen molar-refractivity contribution in [1.29, 1.82) is 0 Å². The molecule has 124 valence electrons. The fraction of sp³-hybridized carbons (Fsp3) is 0.533. The van der Waals surface area contributed by atoms with Crippen molar-refractivity contribution in [1.82, 2.24) is 10.2 Å². The maximum absolute atomic E-state index is 12.7. The number of amides is 2. The summed E-state index contributed by atoms with van der Waals surface area (Å²) in [4.78, 5) is 13.5. The van der Waals surface area contributed by atoms with Crippen molar-refractivity contribution in [3.63, 3.8) is 0 Å². The zero-order chi connectivity index (χ0) is 16.8. The summed E-state index contributed by atoms with van der Waals surface area (Å²) in [5.74, 6) is 0. The van der Waals surface area contributed by atoms with Crippen LogP contribution in [0, 0.1) is 0 Å². The highest BCUT2D eigenvalue weighted by Gasteiger charge is 2.30. The highest BCUT2D eigenvalue weighted by molar-refractivity contribution is 5.74. The lowest BCUT2D eigenvalue weighted by molar-refractivity contribution is -0.137. The summed E-state index contributed by atoms with van der Waals surface area (Å²) in [6.45, 7) is 4.02. The highest BCUT2D eigenvalue weighted by Crippen LogP contribution is 2.30. The monoisotopic (exact) mass is 318 g/mol. The minimum absolute atomic E-state index is 0.161. The van der Waals surface area contributed by atoms with E-state index in [2.05, 4.69) is 5.32 Å². The van der Waals surface area contributed by atoms with Gasteiger partial charge in [-0.1, -0.05) is 19.1 Å². The van der Waals surface area contributed by atoms with Crippen LogP contribution < -0.4 is 5.32 Å². The van der Waals surface area contributed by atoms with Crippen molar-refractivity contribution in [3.8, 4) is 0 Å². The molecule has 1 atom stereocenters. The number of hydrogen-bond acceptors (Lipinski definition) is 2. The van der Waals surface area contributed by atoms with Crippen LogP contribution in [0.5, 0.6) is 0 Å². The van der Waals surface area contributed by atoms with Gasteiger partial charge in [0.25, 0.3) is 0 Å². The maximum Gasteiger partial charge on any atom is 0.416 e. The predicted molar refractivity (Wildman–Crippen MR) is 77.3 cm³/mol. The van der Waals surface area contributed by atoms with Crippen molar-refractivity contribution in [2.45, 2.75) is 32.5 Å². The van der Waals surface area contributed by atoms with Crippen LogP contribution in [0.25, 0.3) is 0 Å². The average Bonchev–Trinajstić information content (AvgIpc) is 2.46.